The Kier molecular flexibility index (Phi) is 3.07. The number of aryl methyl sites for hydroxylation is 1. The van der Waals surface area contributed by atoms with Gasteiger partial charge in [0.2, 0.25) is 0 Å². The quantitative estimate of drug-likeness (QED) is 0.881. The fourth-order valence-electron chi connectivity index (χ4n) is 2.65. The number of hydrogen-bond acceptors (Lipinski definition) is 3. The molecule has 0 saturated carbocycles. The molecule has 2 heterocycles. The third-order valence-corrected chi connectivity index (χ3v) is 3.71. The topological polar surface area (TPSA) is 95.0 Å². The number of nitriles is 1. The number of amides is 1. The number of H-pyrrole nitrogens is 1. The van der Waals surface area contributed by atoms with E-state index in [0.717, 1.165) is 40.6 Å². The molecule has 3 N–H and O–H groups in total. The minimum Gasteiger partial charge on any atom is -0.364 e. The van der Waals surface area contributed by atoms with Crippen molar-refractivity contribution in [3.8, 4) is 6.07 Å². The summed E-state index contributed by atoms with van der Waals surface area (Å²) in [5.74, 6) is -0.501. The smallest absolute Gasteiger partial charge is 0.265 e. The first kappa shape index (κ1) is 13.1. The van der Waals surface area contributed by atoms with Crippen molar-refractivity contribution in [2.75, 3.05) is 6.54 Å². The van der Waals surface area contributed by atoms with E-state index in [9.17, 15) is 10.1 Å². The number of aromatic amines is 1. The Morgan fingerprint density at radius 2 is 2.29 bits per heavy atom. The van der Waals surface area contributed by atoms with E-state index < -0.39 is 5.91 Å². The van der Waals surface area contributed by atoms with Crippen LogP contribution in [0.1, 0.15) is 33.6 Å². The van der Waals surface area contributed by atoms with Crippen LogP contribution < -0.4 is 5.73 Å². The van der Waals surface area contributed by atoms with Crippen molar-refractivity contribution in [1.29, 1.82) is 5.26 Å². The molecule has 104 valence electrons. The van der Waals surface area contributed by atoms with E-state index in [4.69, 9.17) is 5.73 Å². The largest absolute Gasteiger partial charge is 0.364 e. The summed E-state index contributed by atoms with van der Waals surface area (Å²) in [4.78, 5) is 18.9. The molecule has 1 aromatic heterocycles. The van der Waals surface area contributed by atoms with Crippen molar-refractivity contribution in [3.63, 3.8) is 0 Å². The zero-order valence-electron chi connectivity index (χ0n) is 11.6. The number of nitrogens with one attached hydrogen (secondary N) is 1. The zero-order valence-corrected chi connectivity index (χ0v) is 11.6. The lowest BCUT2D eigenvalue weighted by molar-refractivity contribution is 0.0996. The van der Waals surface area contributed by atoms with E-state index in [1.165, 1.54) is 0 Å². The van der Waals surface area contributed by atoms with Crippen molar-refractivity contribution < 1.29 is 4.79 Å². The van der Waals surface area contributed by atoms with Crippen LogP contribution in [0.15, 0.2) is 23.2 Å². The first-order valence-electron chi connectivity index (χ1n) is 6.68. The first-order chi connectivity index (χ1) is 10.1. The Balaban J connectivity index is 2.35. The Morgan fingerprint density at radius 1 is 1.48 bits per heavy atom. The van der Waals surface area contributed by atoms with Crippen LogP contribution in [0.2, 0.25) is 0 Å². The van der Waals surface area contributed by atoms with Crippen LogP contribution in [0.5, 0.6) is 0 Å². The van der Waals surface area contributed by atoms with E-state index in [0.29, 0.717) is 11.3 Å². The van der Waals surface area contributed by atoms with Crippen molar-refractivity contribution in [1.82, 2.24) is 4.98 Å². The molecule has 3 rings (SSSR count). The van der Waals surface area contributed by atoms with Crippen LogP contribution in [0.25, 0.3) is 16.5 Å². The molecule has 0 bridgehead atoms. The summed E-state index contributed by atoms with van der Waals surface area (Å²) in [6.45, 7) is 2.61. The number of carbonyl (C=O) groups excluding carboxylic acids is 1. The molecule has 1 aliphatic heterocycles. The number of aliphatic imine (C=N–C) groups is 1. The summed E-state index contributed by atoms with van der Waals surface area (Å²) in [6.07, 6.45) is 4.76. The number of aromatic nitrogens is 1. The molecule has 0 atom stereocenters. The van der Waals surface area contributed by atoms with Crippen molar-refractivity contribution in [2.45, 2.75) is 13.3 Å². The number of carbonyl (C=O) groups is 1. The predicted molar refractivity (Wildman–Crippen MR) is 82.2 cm³/mol. The molecular formula is C16H14N4O. The molecule has 5 nitrogen and oxygen atoms in total. The summed E-state index contributed by atoms with van der Waals surface area (Å²) in [5.41, 5.74) is 9.76. The first-order valence-corrected chi connectivity index (χ1v) is 6.68. The predicted octanol–water partition coefficient (Wildman–Crippen LogP) is 2.30. The van der Waals surface area contributed by atoms with Gasteiger partial charge in [-0.05, 0) is 36.6 Å². The van der Waals surface area contributed by atoms with E-state index in [2.05, 4.69) is 22.1 Å². The van der Waals surface area contributed by atoms with Crippen LogP contribution >= 0.6 is 0 Å². The number of allylic oxidation sites excluding steroid dienone is 1. The Bertz CT molecular complexity index is 849. The minimum atomic E-state index is -0.501. The number of benzene rings is 1. The van der Waals surface area contributed by atoms with Crippen molar-refractivity contribution in [2.24, 2.45) is 10.7 Å². The van der Waals surface area contributed by atoms with Crippen LogP contribution in [0, 0.1) is 18.3 Å². The van der Waals surface area contributed by atoms with Crippen molar-refractivity contribution >= 4 is 28.6 Å². The maximum absolute atomic E-state index is 11.5. The highest BCUT2D eigenvalue weighted by atomic mass is 16.1. The molecule has 0 fully saturated rings. The Labute approximate surface area is 121 Å². The highest BCUT2D eigenvalue weighted by Crippen LogP contribution is 2.30. The van der Waals surface area contributed by atoms with Gasteiger partial charge in [0.15, 0.2) is 0 Å². The van der Waals surface area contributed by atoms with Crippen LogP contribution in [-0.4, -0.2) is 23.7 Å². The maximum Gasteiger partial charge on any atom is 0.265 e. The average molecular weight is 278 g/mol. The van der Waals surface area contributed by atoms with Gasteiger partial charge >= 0.3 is 0 Å². The number of primary amides is 1. The normalized spacial score (nSPS) is 14.0. The van der Waals surface area contributed by atoms with Crippen LogP contribution in [0.3, 0.4) is 0 Å². The zero-order chi connectivity index (χ0) is 15.0. The molecule has 21 heavy (non-hydrogen) atoms. The Hall–Kier alpha value is -2.87. The molecule has 0 aliphatic carbocycles. The second-order valence-electron chi connectivity index (χ2n) is 5.03. The lowest BCUT2D eigenvalue weighted by Gasteiger charge is -2.09. The van der Waals surface area contributed by atoms with Crippen LogP contribution in [0.4, 0.5) is 0 Å². The molecule has 0 spiro atoms. The second kappa shape index (κ2) is 4.91. The number of dihydropyridines is 1. The minimum absolute atomic E-state index is 0.384. The van der Waals surface area contributed by atoms with Gasteiger partial charge in [-0.1, -0.05) is 6.08 Å². The number of hydrogen-bond donors (Lipinski definition) is 2. The fraction of sp³-hybridized carbons (Fsp3) is 0.188. The summed E-state index contributed by atoms with van der Waals surface area (Å²) in [5, 5.41) is 10.1. The SMILES string of the molecule is Cc1c(C(N)=O)[nH]c2c(C3=CCCN=C3)cc(C#N)cc12. The van der Waals surface area contributed by atoms with Gasteiger partial charge in [0.25, 0.3) is 5.91 Å². The molecule has 1 amide bonds. The lowest BCUT2D eigenvalue weighted by atomic mass is 9.98. The van der Waals surface area contributed by atoms with E-state index >= 15 is 0 Å². The van der Waals surface area contributed by atoms with Gasteiger partial charge < -0.3 is 10.7 Å². The molecule has 0 radical (unpaired) electrons. The number of rotatable bonds is 2. The molecule has 2 aromatic rings. The molecule has 0 unspecified atom stereocenters. The highest BCUT2D eigenvalue weighted by molar-refractivity contribution is 6.16. The van der Waals surface area contributed by atoms with Crippen LogP contribution in [-0.2, 0) is 0 Å². The Morgan fingerprint density at radius 3 is 2.90 bits per heavy atom. The molecule has 1 aromatic carbocycles. The summed E-state index contributed by atoms with van der Waals surface area (Å²) >= 11 is 0. The molecule has 0 saturated heterocycles. The van der Waals surface area contributed by atoms with E-state index in [1.54, 1.807) is 12.3 Å². The van der Waals surface area contributed by atoms with Gasteiger partial charge in [0, 0.05) is 23.7 Å². The monoisotopic (exact) mass is 278 g/mol. The van der Waals surface area contributed by atoms with Crippen molar-refractivity contribution in [3.05, 3.63) is 40.6 Å². The number of nitrogens with zero attached hydrogens (tertiary/aromatic N) is 2. The molecular weight excluding hydrogens is 264 g/mol. The lowest BCUT2D eigenvalue weighted by Crippen LogP contribution is -2.12. The standard InChI is InChI=1S/C16H14N4O/c1-9-12-5-10(7-17)6-13(11-3-2-4-19-8-11)15(12)20-14(9)16(18)21/h3,5-6,8,20H,2,4H2,1H3,(H2,18,21). The average Bonchev–Trinajstić information content (AvgIpc) is 2.84. The van der Waals surface area contributed by atoms with Gasteiger partial charge in [-0.3, -0.25) is 9.79 Å². The number of fused-ring (bicyclic) bond motifs is 1. The summed E-state index contributed by atoms with van der Waals surface area (Å²) < 4.78 is 0. The van der Waals surface area contributed by atoms with Gasteiger partial charge in [-0.25, -0.2) is 0 Å². The van der Waals surface area contributed by atoms with Gasteiger partial charge in [0.1, 0.15) is 5.69 Å². The summed E-state index contributed by atoms with van der Waals surface area (Å²) in [6, 6.07) is 5.75. The van der Waals surface area contributed by atoms with Gasteiger partial charge in [-0.15, -0.1) is 0 Å². The maximum atomic E-state index is 11.5. The van der Waals surface area contributed by atoms with Gasteiger partial charge in [0.05, 0.1) is 17.1 Å². The molecule has 5 heteroatoms. The second-order valence-corrected chi connectivity index (χ2v) is 5.03. The van der Waals surface area contributed by atoms with E-state index in [-0.39, 0.29) is 0 Å². The third kappa shape index (κ3) is 2.11. The fourth-order valence-corrected chi connectivity index (χ4v) is 2.65. The van der Waals surface area contributed by atoms with Gasteiger partial charge in [-0.2, -0.15) is 5.26 Å². The highest BCUT2D eigenvalue weighted by Gasteiger charge is 2.17. The number of nitrogens with two attached hydrogens (primary N) is 1. The summed E-state index contributed by atoms with van der Waals surface area (Å²) in [7, 11) is 0. The van der Waals surface area contributed by atoms with E-state index in [1.807, 2.05) is 13.0 Å². The molecule has 1 aliphatic rings. The third-order valence-electron chi connectivity index (χ3n) is 3.71.